The Bertz CT molecular complexity index is 2110. The monoisotopic (exact) mass is 654 g/mol. The Kier molecular flexibility index (Phi) is 8.43. The molecule has 0 bridgehead atoms. The molecule has 0 spiro atoms. The highest BCUT2D eigenvalue weighted by atomic mass is 15.2. The second kappa shape index (κ2) is 12.8. The number of hydrogen-bond acceptors (Lipinski definition) is 4. The number of nitrogens with zero attached hydrogens (tertiary/aromatic N) is 4. The molecule has 0 saturated heterocycles. The Labute approximate surface area is 297 Å². The summed E-state index contributed by atoms with van der Waals surface area (Å²) in [5.74, 6) is 1.78. The van der Waals surface area contributed by atoms with Gasteiger partial charge in [0.25, 0.3) is 0 Å². The van der Waals surface area contributed by atoms with Crippen LogP contribution in [0.2, 0.25) is 0 Å². The summed E-state index contributed by atoms with van der Waals surface area (Å²) in [4.78, 5) is 14.1. The Morgan fingerprint density at radius 2 is 0.760 bits per heavy atom. The molecule has 7 rings (SSSR count). The number of anilines is 6. The lowest BCUT2D eigenvalue weighted by atomic mass is 9.87. The maximum Gasteiger partial charge on any atom is 0.137 e. The van der Waals surface area contributed by atoms with Crippen molar-refractivity contribution in [1.82, 2.24) is 9.97 Å². The van der Waals surface area contributed by atoms with Gasteiger partial charge in [0, 0.05) is 35.1 Å². The van der Waals surface area contributed by atoms with Crippen LogP contribution in [0.5, 0.6) is 0 Å². The second-order valence-electron chi connectivity index (χ2n) is 15.4. The molecule has 5 aromatic carbocycles. The lowest BCUT2D eigenvalue weighted by Crippen LogP contribution is -2.14. The van der Waals surface area contributed by atoms with Crippen LogP contribution < -0.4 is 9.80 Å². The van der Waals surface area contributed by atoms with Crippen LogP contribution in [-0.4, -0.2) is 9.97 Å². The molecular formula is C46H46N4. The van der Waals surface area contributed by atoms with Crippen LogP contribution in [0.25, 0.3) is 21.5 Å². The van der Waals surface area contributed by atoms with E-state index in [4.69, 9.17) is 9.97 Å². The summed E-state index contributed by atoms with van der Waals surface area (Å²) in [5.41, 5.74) is 9.63. The number of aryl methyl sites for hydroxylation is 2. The van der Waals surface area contributed by atoms with Crippen molar-refractivity contribution in [2.75, 3.05) is 9.80 Å². The molecule has 50 heavy (non-hydrogen) atoms. The first-order chi connectivity index (χ1) is 23.9. The van der Waals surface area contributed by atoms with Gasteiger partial charge in [-0.25, -0.2) is 9.97 Å². The number of hydrogen-bond donors (Lipinski definition) is 0. The Morgan fingerprint density at radius 1 is 0.400 bits per heavy atom. The van der Waals surface area contributed by atoms with Gasteiger partial charge in [-0.2, -0.15) is 0 Å². The van der Waals surface area contributed by atoms with Crippen LogP contribution in [0.4, 0.5) is 34.4 Å². The van der Waals surface area contributed by atoms with E-state index in [1.165, 1.54) is 43.8 Å². The molecule has 0 unspecified atom stereocenters. The van der Waals surface area contributed by atoms with E-state index < -0.39 is 0 Å². The van der Waals surface area contributed by atoms with E-state index in [1.54, 1.807) is 0 Å². The molecule has 0 fully saturated rings. The summed E-state index contributed by atoms with van der Waals surface area (Å²) < 4.78 is 0. The molecule has 0 aliphatic carbocycles. The number of fused-ring (bicyclic) bond motifs is 2. The summed E-state index contributed by atoms with van der Waals surface area (Å²) in [7, 11) is 0. The first-order valence-corrected chi connectivity index (χ1v) is 17.5. The van der Waals surface area contributed by atoms with E-state index in [1.807, 2.05) is 36.7 Å². The zero-order valence-electron chi connectivity index (χ0n) is 30.5. The third-order valence-corrected chi connectivity index (χ3v) is 9.88. The van der Waals surface area contributed by atoms with Crippen LogP contribution in [0.3, 0.4) is 0 Å². The fourth-order valence-electron chi connectivity index (χ4n) is 6.93. The molecule has 4 heteroatoms. The third kappa shape index (κ3) is 6.22. The molecule has 0 aliphatic heterocycles. The Balaban J connectivity index is 1.35. The van der Waals surface area contributed by atoms with Crippen molar-refractivity contribution in [3.05, 3.63) is 156 Å². The van der Waals surface area contributed by atoms with Gasteiger partial charge in [0.15, 0.2) is 0 Å². The number of aromatic nitrogens is 2. The third-order valence-electron chi connectivity index (χ3n) is 9.88. The number of rotatable bonds is 6. The van der Waals surface area contributed by atoms with Crippen molar-refractivity contribution < 1.29 is 0 Å². The highest BCUT2D eigenvalue weighted by molar-refractivity contribution is 6.08. The molecule has 0 radical (unpaired) electrons. The van der Waals surface area contributed by atoms with E-state index in [0.29, 0.717) is 0 Å². The smallest absolute Gasteiger partial charge is 0.137 e. The molecule has 2 heterocycles. The first kappa shape index (κ1) is 33.0. The van der Waals surface area contributed by atoms with Gasteiger partial charge in [0.05, 0.1) is 0 Å². The average molecular weight is 655 g/mol. The fraction of sp³-hybridized carbons (Fsp3) is 0.217. The summed E-state index contributed by atoms with van der Waals surface area (Å²) in [6, 6.07) is 43.6. The molecule has 250 valence electrons. The van der Waals surface area contributed by atoms with Crippen LogP contribution in [0, 0.1) is 13.8 Å². The zero-order valence-corrected chi connectivity index (χ0v) is 30.5. The molecule has 7 aromatic rings. The number of pyridine rings is 2. The fourth-order valence-corrected chi connectivity index (χ4v) is 6.93. The minimum Gasteiger partial charge on any atom is -0.295 e. The van der Waals surface area contributed by atoms with E-state index in [-0.39, 0.29) is 10.8 Å². The van der Waals surface area contributed by atoms with Crippen molar-refractivity contribution in [3.8, 4) is 0 Å². The van der Waals surface area contributed by atoms with Gasteiger partial charge in [-0.15, -0.1) is 0 Å². The standard InChI is InChI=1S/C46H46N4/c1-31-39-25-23-38(50(44-14-10-12-28-48-44)36-21-17-34(18-22-36)46(6,7)8)30-42(39)32(2)40-26-24-37(29-41(31)40)49(43-13-9-11-27-47-43)35-19-15-33(16-20-35)45(3,4)5/h9-30H,1-8H3. The summed E-state index contributed by atoms with van der Waals surface area (Å²) in [6.07, 6.45) is 3.72. The summed E-state index contributed by atoms with van der Waals surface area (Å²) in [5, 5.41) is 4.98. The predicted octanol–water partition coefficient (Wildman–Crippen LogP) is 12.9. The maximum absolute atomic E-state index is 4.78. The minimum absolute atomic E-state index is 0.0817. The Hall–Kier alpha value is -5.48. The van der Waals surface area contributed by atoms with Crippen molar-refractivity contribution in [2.45, 2.75) is 66.2 Å². The number of benzene rings is 5. The maximum atomic E-state index is 4.78. The van der Waals surface area contributed by atoms with Gasteiger partial charge in [0.1, 0.15) is 11.6 Å². The van der Waals surface area contributed by atoms with Crippen LogP contribution in [-0.2, 0) is 10.8 Å². The Morgan fingerprint density at radius 3 is 1.08 bits per heavy atom. The van der Waals surface area contributed by atoms with Crippen molar-refractivity contribution >= 4 is 55.9 Å². The quantitative estimate of drug-likeness (QED) is 0.167. The molecule has 0 N–H and O–H groups in total. The lowest BCUT2D eigenvalue weighted by molar-refractivity contribution is 0.590. The topological polar surface area (TPSA) is 32.3 Å². The second-order valence-corrected chi connectivity index (χ2v) is 15.4. The van der Waals surface area contributed by atoms with E-state index in [0.717, 1.165) is 34.4 Å². The highest BCUT2D eigenvalue weighted by Gasteiger charge is 2.21. The summed E-state index contributed by atoms with van der Waals surface area (Å²) >= 11 is 0. The van der Waals surface area contributed by atoms with Crippen molar-refractivity contribution in [3.63, 3.8) is 0 Å². The summed E-state index contributed by atoms with van der Waals surface area (Å²) in [6.45, 7) is 18.0. The van der Waals surface area contributed by atoms with Crippen LogP contribution >= 0.6 is 0 Å². The zero-order chi connectivity index (χ0) is 35.2. The van der Waals surface area contributed by atoms with Gasteiger partial charge in [-0.05, 0) is 141 Å². The van der Waals surface area contributed by atoms with Crippen molar-refractivity contribution in [1.29, 1.82) is 0 Å². The molecule has 2 aromatic heterocycles. The van der Waals surface area contributed by atoms with Crippen molar-refractivity contribution in [2.24, 2.45) is 0 Å². The molecule has 0 amide bonds. The molecule has 0 aliphatic rings. The molecule has 0 saturated carbocycles. The molecular weight excluding hydrogens is 609 g/mol. The van der Waals surface area contributed by atoms with E-state index >= 15 is 0 Å². The van der Waals surface area contributed by atoms with Crippen LogP contribution in [0.15, 0.2) is 134 Å². The normalized spacial score (nSPS) is 12.0. The van der Waals surface area contributed by atoms with Gasteiger partial charge in [-0.3, -0.25) is 9.80 Å². The molecule has 0 atom stereocenters. The average Bonchev–Trinajstić information content (AvgIpc) is 3.11. The SMILES string of the molecule is Cc1c2ccc(N(c3ccc(C(C)(C)C)cc3)c3ccccn3)cc2c(C)c2ccc(N(c3ccc(C(C)(C)C)cc3)c3ccccn3)cc12. The molecule has 4 nitrogen and oxygen atoms in total. The van der Waals surface area contributed by atoms with Crippen LogP contribution in [0.1, 0.15) is 63.8 Å². The largest absolute Gasteiger partial charge is 0.295 e. The first-order valence-electron chi connectivity index (χ1n) is 17.5. The van der Waals surface area contributed by atoms with E-state index in [9.17, 15) is 0 Å². The van der Waals surface area contributed by atoms with Gasteiger partial charge in [-0.1, -0.05) is 90.1 Å². The van der Waals surface area contributed by atoms with Gasteiger partial charge in [0.2, 0.25) is 0 Å². The van der Waals surface area contributed by atoms with Gasteiger partial charge < -0.3 is 0 Å². The van der Waals surface area contributed by atoms with E-state index in [2.05, 4.69) is 162 Å². The highest BCUT2D eigenvalue weighted by Crippen LogP contribution is 2.42. The minimum atomic E-state index is 0.0817. The predicted molar refractivity (Wildman–Crippen MR) is 213 cm³/mol. The van der Waals surface area contributed by atoms with Gasteiger partial charge >= 0.3 is 0 Å². The lowest BCUT2D eigenvalue weighted by Gasteiger charge is -2.27.